The highest BCUT2D eigenvalue weighted by molar-refractivity contribution is 6.33. The van der Waals surface area contributed by atoms with Crippen molar-refractivity contribution in [3.8, 4) is 11.5 Å². The van der Waals surface area contributed by atoms with E-state index in [9.17, 15) is 5.11 Å². The number of hydrogen-bond acceptors (Lipinski definition) is 4. The molecule has 0 saturated heterocycles. The van der Waals surface area contributed by atoms with Crippen LogP contribution in [0.4, 0.5) is 0 Å². The van der Waals surface area contributed by atoms with Gasteiger partial charge in [-0.15, -0.1) is 0 Å². The average Bonchev–Trinajstić information content (AvgIpc) is 2.59. The Balaban J connectivity index is 1.90. The van der Waals surface area contributed by atoms with Crippen molar-refractivity contribution in [2.24, 2.45) is 0 Å². The molecule has 0 amide bonds. The Morgan fingerprint density at radius 3 is 2.50 bits per heavy atom. The van der Waals surface area contributed by atoms with E-state index in [2.05, 4.69) is 5.32 Å². The molecule has 130 valence electrons. The van der Waals surface area contributed by atoms with Crippen LogP contribution in [-0.2, 0) is 6.42 Å². The second-order valence-electron chi connectivity index (χ2n) is 5.27. The van der Waals surface area contributed by atoms with E-state index < -0.39 is 6.10 Å². The van der Waals surface area contributed by atoms with Gasteiger partial charge in [-0.05, 0) is 30.7 Å². The lowest BCUT2D eigenvalue weighted by Gasteiger charge is -2.15. The van der Waals surface area contributed by atoms with Crippen LogP contribution in [0.15, 0.2) is 36.4 Å². The standard InChI is InChI=1S/C18H21Cl2NO3/c1-23-16-8-7-12(17(20)18(16)24-2)9-10-21-11-15(22)13-5-3-4-6-14(13)19/h3-8,15,21-22H,9-11H2,1-2H3. The number of methoxy groups -OCH3 is 2. The van der Waals surface area contributed by atoms with Crippen LogP contribution in [0.1, 0.15) is 17.2 Å². The summed E-state index contributed by atoms with van der Waals surface area (Å²) in [5, 5.41) is 14.5. The first-order valence-electron chi connectivity index (χ1n) is 7.61. The molecule has 2 rings (SSSR count). The van der Waals surface area contributed by atoms with E-state index in [-0.39, 0.29) is 0 Å². The molecule has 0 heterocycles. The number of aliphatic hydroxyl groups is 1. The van der Waals surface area contributed by atoms with Crippen LogP contribution < -0.4 is 14.8 Å². The topological polar surface area (TPSA) is 50.7 Å². The van der Waals surface area contributed by atoms with Gasteiger partial charge < -0.3 is 19.9 Å². The lowest BCUT2D eigenvalue weighted by atomic mass is 10.1. The molecular formula is C18H21Cl2NO3. The molecule has 4 nitrogen and oxygen atoms in total. The Morgan fingerprint density at radius 1 is 1.08 bits per heavy atom. The summed E-state index contributed by atoms with van der Waals surface area (Å²) >= 11 is 12.4. The van der Waals surface area contributed by atoms with Gasteiger partial charge in [-0.25, -0.2) is 0 Å². The molecule has 1 atom stereocenters. The summed E-state index contributed by atoms with van der Waals surface area (Å²) in [6, 6.07) is 11.0. The minimum absolute atomic E-state index is 0.411. The van der Waals surface area contributed by atoms with Crippen molar-refractivity contribution in [3.05, 3.63) is 57.6 Å². The van der Waals surface area contributed by atoms with Gasteiger partial charge in [0.25, 0.3) is 0 Å². The Morgan fingerprint density at radius 2 is 1.83 bits per heavy atom. The van der Waals surface area contributed by atoms with Crippen LogP contribution in [0.5, 0.6) is 11.5 Å². The van der Waals surface area contributed by atoms with Gasteiger partial charge in [0.1, 0.15) is 0 Å². The van der Waals surface area contributed by atoms with Crippen molar-refractivity contribution in [1.82, 2.24) is 5.32 Å². The normalized spacial score (nSPS) is 12.0. The van der Waals surface area contributed by atoms with E-state index in [0.717, 1.165) is 11.1 Å². The molecule has 2 aromatic carbocycles. The van der Waals surface area contributed by atoms with Crippen LogP contribution in [0, 0.1) is 0 Å². The third kappa shape index (κ3) is 4.54. The van der Waals surface area contributed by atoms with Crippen molar-refractivity contribution >= 4 is 23.2 Å². The van der Waals surface area contributed by atoms with E-state index in [4.69, 9.17) is 32.7 Å². The van der Waals surface area contributed by atoms with Crippen molar-refractivity contribution in [2.75, 3.05) is 27.3 Å². The summed E-state index contributed by atoms with van der Waals surface area (Å²) in [5.74, 6) is 1.14. The van der Waals surface area contributed by atoms with Crippen molar-refractivity contribution in [2.45, 2.75) is 12.5 Å². The van der Waals surface area contributed by atoms with Crippen LogP contribution in [-0.4, -0.2) is 32.4 Å². The van der Waals surface area contributed by atoms with Crippen molar-refractivity contribution in [3.63, 3.8) is 0 Å². The third-order valence-corrected chi connectivity index (χ3v) is 4.50. The monoisotopic (exact) mass is 369 g/mol. The van der Waals surface area contributed by atoms with Gasteiger partial charge >= 0.3 is 0 Å². The number of aliphatic hydroxyl groups excluding tert-OH is 1. The van der Waals surface area contributed by atoms with Gasteiger partial charge in [0, 0.05) is 17.1 Å². The molecule has 0 aromatic heterocycles. The maximum absolute atomic E-state index is 10.2. The highest BCUT2D eigenvalue weighted by Gasteiger charge is 2.13. The Labute approximate surface area is 152 Å². The fourth-order valence-electron chi connectivity index (χ4n) is 2.44. The van der Waals surface area contributed by atoms with Gasteiger partial charge in [0.15, 0.2) is 11.5 Å². The second kappa shape index (κ2) is 9.14. The summed E-state index contributed by atoms with van der Waals surface area (Å²) in [6.45, 7) is 1.07. The first kappa shape index (κ1) is 18.9. The molecule has 6 heteroatoms. The van der Waals surface area contributed by atoms with E-state index >= 15 is 0 Å². The zero-order valence-corrected chi connectivity index (χ0v) is 15.2. The number of hydrogen-bond donors (Lipinski definition) is 2. The number of ether oxygens (including phenoxy) is 2. The van der Waals surface area contributed by atoms with Crippen LogP contribution in [0.2, 0.25) is 10.0 Å². The maximum Gasteiger partial charge on any atom is 0.179 e. The van der Waals surface area contributed by atoms with Crippen molar-refractivity contribution < 1.29 is 14.6 Å². The van der Waals surface area contributed by atoms with Crippen LogP contribution in [0.3, 0.4) is 0 Å². The fourth-order valence-corrected chi connectivity index (χ4v) is 3.03. The van der Waals surface area contributed by atoms with Crippen LogP contribution in [0.25, 0.3) is 0 Å². The van der Waals surface area contributed by atoms with E-state index in [1.54, 1.807) is 20.3 Å². The molecule has 1 unspecified atom stereocenters. The largest absolute Gasteiger partial charge is 0.493 e. The Bertz CT molecular complexity index is 679. The SMILES string of the molecule is COc1ccc(CCNCC(O)c2ccccc2Cl)c(Cl)c1OC. The molecule has 2 aromatic rings. The molecule has 0 radical (unpaired) electrons. The smallest absolute Gasteiger partial charge is 0.179 e. The van der Waals surface area contributed by atoms with Gasteiger partial charge in [-0.1, -0.05) is 47.5 Å². The Kier molecular flexibility index (Phi) is 7.18. The molecule has 0 bridgehead atoms. The molecule has 0 aliphatic carbocycles. The molecule has 2 N–H and O–H groups in total. The summed E-state index contributed by atoms with van der Waals surface area (Å²) in [4.78, 5) is 0. The first-order chi connectivity index (χ1) is 11.6. The lowest BCUT2D eigenvalue weighted by Crippen LogP contribution is -2.24. The molecule has 0 aliphatic rings. The third-order valence-electron chi connectivity index (χ3n) is 3.74. The molecule has 0 saturated carbocycles. The molecule has 0 aliphatic heterocycles. The van der Waals surface area contributed by atoms with Crippen molar-refractivity contribution in [1.29, 1.82) is 0 Å². The van der Waals surface area contributed by atoms with Gasteiger partial charge in [0.2, 0.25) is 0 Å². The quantitative estimate of drug-likeness (QED) is 0.693. The minimum Gasteiger partial charge on any atom is -0.493 e. The summed E-state index contributed by atoms with van der Waals surface area (Å²) in [6.07, 6.45) is 0.0496. The molecular weight excluding hydrogens is 349 g/mol. The summed E-state index contributed by atoms with van der Waals surface area (Å²) < 4.78 is 10.5. The van der Waals surface area contributed by atoms with E-state index in [1.165, 1.54) is 0 Å². The molecule has 0 spiro atoms. The lowest BCUT2D eigenvalue weighted by molar-refractivity contribution is 0.175. The minimum atomic E-state index is -0.653. The van der Waals surface area contributed by atoms with Gasteiger partial charge in [-0.2, -0.15) is 0 Å². The zero-order chi connectivity index (χ0) is 17.5. The fraction of sp³-hybridized carbons (Fsp3) is 0.333. The molecule has 0 fully saturated rings. The number of halogens is 2. The summed E-state index contributed by atoms with van der Waals surface area (Å²) in [5.41, 5.74) is 1.67. The van der Waals surface area contributed by atoms with E-state index in [1.807, 2.05) is 30.3 Å². The van der Waals surface area contributed by atoms with Gasteiger partial charge in [0.05, 0.1) is 25.3 Å². The summed E-state index contributed by atoms with van der Waals surface area (Å²) in [7, 11) is 3.14. The average molecular weight is 370 g/mol. The number of nitrogens with one attached hydrogen (secondary N) is 1. The molecule has 24 heavy (non-hydrogen) atoms. The Hall–Kier alpha value is -1.46. The highest BCUT2D eigenvalue weighted by Crippen LogP contribution is 2.37. The first-order valence-corrected chi connectivity index (χ1v) is 8.36. The predicted octanol–water partition coefficient (Wildman–Crippen LogP) is 3.88. The predicted molar refractivity (Wildman–Crippen MR) is 97.5 cm³/mol. The number of benzene rings is 2. The second-order valence-corrected chi connectivity index (χ2v) is 6.05. The highest BCUT2D eigenvalue weighted by atomic mass is 35.5. The maximum atomic E-state index is 10.2. The number of rotatable bonds is 8. The van der Waals surface area contributed by atoms with E-state index in [0.29, 0.717) is 41.1 Å². The van der Waals surface area contributed by atoms with Crippen LogP contribution >= 0.6 is 23.2 Å². The zero-order valence-electron chi connectivity index (χ0n) is 13.7. The van der Waals surface area contributed by atoms with Gasteiger partial charge in [-0.3, -0.25) is 0 Å².